The number of hydrogen-bond donors (Lipinski definition) is 0. The molecule has 0 aromatic carbocycles. The van der Waals surface area contributed by atoms with Gasteiger partial charge in [0.25, 0.3) is 0 Å². The second kappa shape index (κ2) is 4.21. The number of rotatable bonds is 3. The summed E-state index contributed by atoms with van der Waals surface area (Å²) in [7, 11) is 0. The summed E-state index contributed by atoms with van der Waals surface area (Å²) < 4.78 is 0. The van der Waals surface area contributed by atoms with Gasteiger partial charge < -0.3 is 9.59 Å². The highest BCUT2D eigenvalue weighted by molar-refractivity contribution is 9.12. The molecule has 2 atom stereocenters. The Kier molecular flexibility index (Phi) is 4.36. The van der Waals surface area contributed by atoms with Crippen molar-refractivity contribution < 1.29 is 9.59 Å². The maximum absolute atomic E-state index is 9.87. The highest BCUT2D eigenvalue weighted by atomic mass is 79.9. The summed E-state index contributed by atoms with van der Waals surface area (Å²) in [5.41, 5.74) is 0. The van der Waals surface area contributed by atoms with Crippen molar-refractivity contribution in [3.63, 3.8) is 0 Å². The summed E-state index contributed by atoms with van der Waals surface area (Å²) in [6.45, 7) is 0. The second-order valence-corrected chi connectivity index (χ2v) is 3.28. The number of aldehydes is 2. The molecule has 0 aromatic rings. The molecule has 4 heteroatoms. The smallest absolute Gasteiger partial charge is 0.135 e. The van der Waals surface area contributed by atoms with Crippen LogP contribution in [0, 0.1) is 0 Å². The van der Waals surface area contributed by atoms with Crippen molar-refractivity contribution in [2.45, 2.75) is 9.65 Å². The first-order valence-electron chi connectivity index (χ1n) is 1.91. The first-order chi connectivity index (χ1) is 3.72. The molecule has 8 heavy (non-hydrogen) atoms. The minimum absolute atomic E-state index is 0.403. The molecule has 46 valence electrons. The number of carbonyl (C=O) groups is 2. The Labute approximate surface area is 63.9 Å². The molecular weight excluding hydrogens is 240 g/mol. The first kappa shape index (κ1) is 8.30. The van der Waals surface area contributed by atoms with Crippen LogP contribution in [0.4, 0.5) is 0 Å². The molecule has 0 heterocycles. The van der Waals surface area contributed by atoms with Crippen molar-refractivity contribution >= 4 is 44.4 Å². The lowest BCUT2D eigenvalue weighted by molar-refractivity contribution is -0.111. The maximum Gasteiger partial charge on any atom is 0.135 e. The number of carbonyl (C=O) groups excluding carboxylic acids is 2. The van der Waals surface area contributed by atoms with Gasteiger partial charge in [-0.1, -0.05) is 31.9 Å². The molecule has 2 nitrogen and oxygen atoms in total. The van der Waals surface area contributed by atoms with Gasteiger partial charge in [0.2, 0.25) is 0 Å². The third-order valence-electron chi connectivity index (χ3n) is 0.564. The molecule has 0 bridgehead atoms. The van der Waals surface area contributed by atoms with E-state index in [1.165, 1.54) is 0 Å². The third kappa shape index (κ3) is 2.57. The van der Waals surface area contributed by atoms with Crippen LogP contribution in [0.1, 0.15) is 0 Å². The Bertz CT molecular complexity index is 82.0. The van der Waals surface area contributed by atoms with Crippen molar-refractivity contribution in [3.8, 4) is 0 Å². The SMILES string of the molecule is O=CC(Br)C(Br)C=O. The van der Waals surface area contributed by atoms with Gasteiger partial charge in [-0.15, -0.1) is 0 Å². The minimum atomic E-state index is -0.403. The van der Waals surface area contributed by atoms with Crippen molar-refractivity contribution in [1.29, 1.82) is 0 Å². The Morgan fingerprint density at radius 2 is 1.25 bits per heavy atom. The summed E-state index contributed by atoms with van der Waals surface area (Å²) in [5, 5.41) is 0. The molecule has 0 spiro atoms. The van der Waals surface area contributed by atoms with Crippen molar-refractivity contribution in [2.24, 2.45) is 0 Å². The van der Waals surface area contributed by atoms with Crippen LogP contribution in [0.5, 0.6) is 0 Å². The molecule has 0 N–H and O–H groups in total. The van der Waals surface area contributed by atoms with Crippen LogP contribution in [0.3, 0.4) is 0 Å². The molecule has 0 rings (SSSR count). The fraction of sp³-hybridized carbons (Fsp3) is 0.500. The number of alkyl halides is 2. The van der Waals surface area contributed by atoms with Gasteiger partial charge in [-0.05, 0) is 0 Å². The Morgan fingerprint density at radius 1 is 1.00 bits per heavy atom. The van der Waals surface area contributed by atoms with Gasteiger partial charge in [0.05, 0.1) is 9.65 Å². The van der Waals surface area contributed by atoms with Crippen LogP contribution in [-0.2, 0) is 9.59 Å². The minimum Gasteiger partial charge on any atom is -0.302 e. The predicted molar refractivity (Wildman–Crippen MR) is 37.6 cm³/mol. The van der Waals surface area contributed by atoms with E-state index < -0.39 is 9.65 Å². The average Bonchev–Trinajstić information content (AvgIpc) is 1.84. The summed E-state index contributed by atoms with van der Waals surface area (Å²) in [4.78, 5) is 18.9. The molecule has 0 amide bonds. The lowest BCUT2D eigenvalue weighted by Gasteiger charge is -1.98. The van der Waals surface area contributed by atoms with Crippen molar-refractivity contribution in [2.75, 3.05) is 0 Å². The number of halogens is 2. The topological polar surface area (TPSA) is 34.1 Å². The fourth-order valence-corrected chi connectivity index (χ4v) is 0.399. The summed E-state index contributed by atoms with van der Waals surface area (Å²) in [6, 6.07) is 0. The van der Waals surface area contributed by atoms with Gasteiger partial charge in [0.15, 0.2) is 0 Å². The van der Waals surface area contributed by atoms with Gasteiger partial charge in [0.1, 0.15) is 12.6 Å². The van der Waals surface area contributed by atoms with Crippen LogP contribution < -0.4 is 0 Å². The Morgan fingerprint density at radius 3 is 1.38 bits per heavy atom. The van der Waals surface area contributed by atoms with Gasteiger partial charge in [-0.25, -0.2) is 0 Å². The Balaban J connectivity index is 3.60. The van der Waals surface area contributed by atoms with Crippen LogP contribution in [-0.4, -0.2) is 22.2 Å². The van der Waals surface area contributed by atoms with Crippen molar-refractivity contribution in [3.05, 3.63) is 0 Å². The molecule has 0 saturated carbocycles. The van der Waals surface area contributed by atoms with E-state index in [2.05, 4.69) is 31.9 Å². The normalized spacial score (nSPS) is 16.8. The van der Waals surface area contributed by atoms with Gasteiger partial charge in [-0.3, -0.25) is 0 Å². The molecule has 0 fully saturated rings. The molecule has 2 unspecified atom stereocenters. The third-order valence-corrected chi connectivity index (χ3v) is 2.84. The van der Waals surface area contributed by atoms with E-state index in [0.29, 0.717) is 12.6 Å². The number of hydrogen-bond acceptors (Lipinski definition) is 2. The maximum atomic E-state index is 9.87. The van der Waals surface area contributed by atoms with Crippen LogP contribution >= 0.6 is 31.9 Å². The van der Waals surface area contributed by atoms with E-state index >= 15 is 0 Å². The second-order valence-electron chi connectivity index (χ2n) is 1.16. The van der Waals surface area contributed by atoms with Gasteiger partial charge >= 0.3 is 0 Å². The molecule has 0 saturated heterocycles. The quantitative estimate of drug-likeness (QED) is 0.546. The molecular formula is C4H4Br2O2. The lowest BCUT2D eigenvalue weighted by Crippen LogP contribution is -2.15. The first-order valence-corrected chi connectivity index (χ1v) is 3.74. The highest BCUT2D eigenvalue weighted by Crippen LogP contribution is 2.08. The Hall–Kier alpha value is 0.300. The summed E-state index contributed by atoms with van der Waals surface area (Å²) in [6.07, 6.45) is 1.32. The van der Waals surface area contributed by atoms with E-state index in [4.69, 9.17) is 0 Å². The van der Waals surface area contributed by atoms with E-state index in [1.54, 1.807) is 0 Å². The molecule has 0 aliphatic rings. The van der Waals surface area contributed by atoms with Crippen LogP contribution in [0.15, 0.2) is 0 Å². The standard InChI is InChI=1S/C4H4Br2O2/c5-3(1-7)4(6)2-8/h1-4H. The van der Waals surface area contributed by atoms with Crippen LogP contribution in [0.2, 0.25) is 0 Å². The fourth-order valence-electron chi connectivity index (χ4n) is 0.150. The van der Waals surface area contributed by atoms with Gasteiger partial charge in [-0.2, -0.15) is 0 Å². The largest absolute Gasteiger partial charge is 0.302 e. The van der Waals surface area contributed by atoms with Crippen LogP contribution in [0.25, 0.3) is 0 Å². The van der Waals surface area contributed by atoms with E-state index in [0.717, 1.165) is 0 Å². The molecule has 0 aromatic heterocycles. The average molecular weight is 244 g/mol. The van der Waals surface area contributed by atoms with Crippen molar-refractivity contribution in [1.82, 2.24) is 0 Å². The van der Waals surface area contributed by atoms with E-state index in [1.807, 2.05) is 0 Å². The zero-order valence-electron chi connectivity index (χ0n) is 3.88. The predicted octanol–water partition coefficient (Wildman–Crippen LogP) is 0.911. The summed E-state index contributed by atoms with van der Waals surface area (Å²) in [5.74, 6) is 0. The van der Waals surface area contributed by atoms with Gasteiger partial charge in [0, 0.05) is 0 Å². The molecule has 0 aliphatic carbocycles. The van der Waals surface area contributed by atoms with E-state index in [9.17, 15) is 9.59 Å². The molecule has 0 aliphatic heterocycles. The molecule has 0 radical (unpaired) electrons. The zero-order valence-corrected chi connectivity index (χ0v) is 7.05. The lowest BCUT2D eigenvalue weighted by atomic mass is 10.4. The highest BCUT2D eigenvalue weighted by Gasteiger charge is 2.11. The zero-order chi connectivity index (χ0) is 6.57. The summed E-state index contributed by atoms with van der Waals surface area (Å²) >= 11 is 5.91. The van der Waals surface area contributed by atoms with E-state index in [-0.39, 0.29) is 0 Å². The monoisotopic (exact) mass is 242 g/mol.